The molecule has 3 aromatic rings. The van der Waals surface area contributed by atoms with Gasteiger partial charge in [0.15, 0.2) is 0 Å². The van der Waals surface area contributed by atoms with Crippen LogP contribution in [0.3, 0.4) is 0 Å². The Bertz CT molecular complexity index is 1120. The minimum Gasteiger partial charge on any atom is -0.494 e. The first-order valence-electron chi connectivity index (χ1n) is 14.5. The fourth-order valence-corrected chi connectivity index (χ4v) is 5.72. The van der Waals surface area contributed by atoms with Gasteiger partial charge in [0.25, 0.3) is 0 Å². The van der Waals surface area contributed by atoms with Crippen molar-refractivity contribution >= 4 is 10.8 Å². The summed E-state index contributed by atoms with van der Waals surface area (Å²) in [4.78, 5) is 0. The van der Waals surface area contributed by atoms with Gasteiger partial charge in [-0.05, 0) is 97.2 Å². The maximum absolute atomic E-state index is 5.61. The number of ether oxygens (including phenoxy) is 1. The van der Waals surface area contributed by atoms with E-state index < -0.39 is 0 Å². The van der Waals surface area contributed by atoms with E-state index in [0.717, 1.165) is 28.7 Å². The van der Waals surface area contributed by atoms with Crippen molar-refractivity contribution in [2.45, 2.75) is 96.8 Å². The van der Waals surface area contributed by atoms with Crippen molar-refractivity contribution in [3.05, 3.63) is 77.4 Å². The van der Waals surface area contributed by atoms with E-state index in [9.17, 15) is 0 Å². The second-order valence-electron chi connectivity index (χ2n) is 10.7. The van der Waals surface area contributed by atoms with Crippen LogP contribution in [0.25, 0.3) is 10.8 Å². The average molecular weight is 481 g/mol. The predicted octanol–water partition coefficient (Wildman–Crippen LogP) is 10.1. The fourth-order valence-electron chi connectivity index (χ4n) is 5.72. The van der Waals surface area contributed by atoms with E-state index in [1.54, 1.807) is 0 Å². The van der Waals surface area contributed by atoms with Crippen molar-refractivity contribution < 1.29 is 4.74 Å². The third kappa shape index (κ3) is 7.89. The Morgan fingerprint density at radius 3 is 2.06 bits per heavy atom. The summed E-state index contributed by atoms with van der Waals surface area (Å²) in [6.07, 6.45) is 17.0. The minimum atomic E-state index is 0.689. The molecule has 4 rings (SSSR count). The smallest absolute Gasteiger partial charge is 0.119 e. The van der Waals surface area contributed by atoms with Gasteiger partial charge in [0.2, 0.25) is 0 Å². The second-order valence-corrected chi connectivity index (χ2v) is 10.7. The Labute approximate surface area is 219 Å². The number of hydrogen-bond donors (Lipinski definition) is 0. The Balaban J connectivity index is 1.24. The molecule has 0 amide bonds. The lowest BCUT2D eigenvalue weighted by molar-refractivity contribution is 0.302. The fraction of sp³-hybridized carbons (Fsp3) is 0.486. The van der Waals surface area contributed by atoms with Crippen LogP contribution >= 0.6 is 0 Å². The molecule has 190 valence electrons. The summed E-state index contributed by atoms with van der Waals surface area (Å²) in [6, 6.07) is 21.7. The normalized spacial score (nSPS) is 17.5. The van der Waals surface area contributed by atoms with Gasteiger partial charge in [-0.25, -0.2) is 0 Å². The molecule has 0 radical (unpaired) electrons. The van der Waals surface area contributed by atoms with E-state index in [1.165, 1.54) is 93.4 Å². The van der Waals surface area contributed by atoms with E-state index in [-0.39, 0.29) is 0 Å². The highest BCUT2D eigenvalue weighted by Gasteiger charge is 2.21. The first-order chi connectivity index (χ1) is 17.7. The van der Waals surface area contributed by atoms with Crippen molar-refractivity contribution in [2.24, 2.45) is 5.92 Å². The molecule has 3 aromatic carbocycles. The minimum absolute atomic E-state index is 0.689. The van der Waals surface area contributed by atoms with Crippen molar-refractivity contribution in [3.8, 4) is 17.6 Å². The molecule has 1 aliphatic carbocycles. The van der Waals surface area contributed by atoms with Crippen LogP contribution in [0.1, 0.15) is 114 Å². The number of unbranched alkanes of at least 4 members (excludes halogenated alkanes) is 6. The quantitative estimate of drug-likeness (QED) is 0.196. The van der Waals surface area contributed by atoms with Gasteiger partial charge in [0.1, 0.15) is 5.75 Å². The summed E-state index contributed by atoms with van der Waals surface area (Å²) in [5, 5.41) is 2.39. The maximum Gasteiger partial charge on any atom is 0.119 e. The zero-order chi connectivity index (χ0) is 25.0. The highest BCUT2D eigenvalue weighted by atomic mass is 16.5. The lowest BCUT2D eigenvalue weighted by Gasteiger charge is -2.29. The first kappa shape index (κ1) is 26.3. The van der Waals surface area contributed by atoms with Crippen LogP contribution in [0.4, 0.5) is 0 Å². The molecule has 1 heteroatoms. The summed E-state index contributed by atoms with van der Waals surface area (Å²) in [7, 11) is 0. The Morgan fingerprint density at radius 2 is 1.31 bits per heavy atom. The van der Waals surface area contributed by atoms with Crippen LogP contribution in [0, 0.1) is 17.8 Å². The molecule has 1 fully saturated rings. The van der Waals surface area contributed by atoms with Crippen molar-refractivity contribution in [2.75, 3.05) is 6.61 Å². The largest absolute Gasteiger partial charge is 0.494 e. The SMILES string of the molecule is CCCCCCCCC[C@H]1CC[C@H](c2ccc(C#Cc3ccc4cc(OCC)ccc4c3)cc2)CC1. The highest BCUT2D eigenvalue weighted by Crippen LogP contribution is 2.37. The third-order valence-corrected chi connectivity index (χ3v) is 7.92. The molecule has 1 saturated carbocycles. The molecule has 0 heterocycles. The van der Waals surface area contributed by atoms with Crippen molar-refractivity contribution in [1.82, 2.24) is 0 Å². The average Bonchev–Trinajstić information content (AvgIpc) is 2.92. The topological polar surface area (TPSA) is 9.23 Å². The summed E-state index contributed by atoms with van der Waals surface area (Å²) in [5.41, 5.74) is 3.65. The van der Waals surface area contributed by atoms with E-state index in [0.29, 0.717) is 6.61 Å². The summed E-state index contributed by atoms with van der Waals surface area (Å²) >= 11 is 0. The number of fused-ring (bicyclic) bond motifs is 1. The zero-order valence-electron chi connectivity index (χ0n) is 22.5. The Kier molecular flexibility index (Phi) is 10.3. The molecule has 0 aliphatic heterocycles. The molecule has 36 heavy (non-hydrogen) atoms. The zero-order valence-corrected chi connectivity index (χ0v) is 22.5. The van der Waals surface area contributed by atoms with E-state index >= 15 is 0 Å². The van der Waals surface area contributed by atoms with Crippen molar-refractivity contribution in [1.29, 1.82) is 0 Å². The van der Waals surface area contributed by atoms with Gasteiger partial charge < -0.3 is 4.74 Å². The molecule has 1 nitrogen and oxygen atoms in total. The molecule has 0 N–H and O–H groups in total. The maximum atomic E-state index is 5.61. The van der Waals surface area contributed by atoms with Gasteiger partial charge in [-0.15, -0.1) is 0 Å². The van der Waals surface area contributed by atoms with Gasteiger partial charge >= 0.3 is 0 Å². The molecule has 0 unspecified atom stereocenters. The monoisotopic (exact) mass is 480 g/mol. The molecule has 0 atom stereocenters. The lowest BCUT2D eigenvalue weighted by atomic mass is 9.77. The molecular weight excluding hydrogens is 436 g/mol. The molecule has 0 saturated heterocycles. The van der Waals surface area contributed by atoms with Gasteiger partial charge in [-0.1, -0.05) is 94.4 Å². The van der Waals surface area contributed by atoms with Gasteiger partial charge in [0.05, 0.1) is 6.61 Å². The predicted molar refractivity (Wildman–Crippen MR) is 155 cm³/mol. The molecule has 0 spiro atoms. The summed E-state index contributed by atoms with van der Waals surface area (Å²) < 4.78 is 5.61. The molecule has 0 bridgehead atoms. The number of rotatable bonds is 11. The van der Waals surface area contributed by atoms with E-state index in [1.807, 2.05) is 13.0 Å². The lowest BCUT2D eigenvalue weighted by Crippen LogP contribution is -2.13. The van der Waals surface area contributed by atoms with Gasteiger partial charge in [0, 0.05) is 11.1 Å². The summed E-state index contributed by atoms with van der Waals surface area (Å²) in [5.74, 6) is 9.34. The van der Waals surface area contributed by atoms with Crippen LogP contribution in [0.15, 0.2) is 60.7 Å². The molecular formula is C35H44O. The van der Waals surface area contributed by atoms with E-state index in [4.69, 9.17) is 4.74 Å². The standard InChI is InChI=1S/C35H44O/c1-3-5-6-7-8-9-10-11-28-14-19-31(20-15-28)32-21-16-29(17-22-32)12-13-30-18-23-34-27-35(36-4-2)25-24-33(34)26-30/h16-18,21-28,31H,3-11,14-15,19-20H2,1-2H3/t28-,31-. The Hall–Kier alpha value is -2.72. The van der Waals surface area contributed by atoms with Crippen LogP contribution in [-0.4, -0.2) is 6.61 Å². The van der Waals surface area contributed by atoms with Crippen LogP contribution < -0.4 is 4.74 Å². The Morgan fingerprint density at radius 1 is 0.667 bits per heavy atom. The van der Waals surface area contributed by atoms with Gasteiger partial charge in [-0.3, -0.25) is 0 Å². The van der Waals surface area contributed by atoms with Gasteiger partial charge in [-0.2, -0.15) is 0 Å². The molecule has 1 aliphatic rings. The third-order valence-electron chi connectivity index (χ3n) is 7.92. The van der Waals surface area contributed by atoms with Crippen LogP contribution in [0.5, 0.6) is 5.75 Å². The van der Waals surface area contributed by atoms with Crippen LogP contribution in [0.2, 0.25) is 0 Å². The molecule has 0 aromatic heterocycles. The number of hydrogen-bond acceptors (Lipinski definition) is 1. The number of benzene rings is 3. The first-order valence-corrected chi connectivity index (χ1v) is 14.5. The summed E-state index contributed by atoms with van der Waals surface area (Å²) in [6.45, 7) is 5.00. The second kappa shape index (κ2) is 14.1. The van der Waals surface area contributed by atoms with Crippen LogP contribution in [-0.2, 0) is 0 Å². The van der Waals surface area contributed by atoms with E-state index in [2.05, 4.69) is 73.4 Å². The van der Waals surface area contributed by atoms with Crippen molar-refractivity contribution in [3.63, 3.8) is 0 Å². The highest BCUT2D eigenvalue weighted by molar-refractivity contribution is 5.85.